The fourth-order valence-electron chi connectivity index (χ4n) is 3.70. The number of fused-ring (bicyclic) bond motifs is 2. The topological polar surface area (TPSA) is 69.4 Å². The van der Waals surface area contributed by atoms with Gasteiger partial charge in [0.25, 0.3) is 5.78 Å². The predicted octanol–water partition coefficient (Wildman–Crippen LogP) is 3.71. The molecule has 1 aliphatic carbocycles. The maximum absolute atomic E-state index is 12.8. The van der Waals surface area contributed by atoms with Crippen LogP contribution in [0.1, 0.15) is 34.0 Å². The number of benzene rings is 2. The summed E-state index contributed by atoms with van der Waals surface area (Å²) in [5.74, 6) is 2.13. The van der Waals surface area contributed by atoms with Crippen LogP contribution in [-0.4, -0.2) is 32.5 Å². The van der Waals surface area contributed by atoms with Crippen LogP contribution in [0.25, 0.3) is 17.2 Å². The number of Topliss-reactive ketones (excluding diaryl/α,β-unsaturated/α-hetero) is 1. The molecule has 2 aromatic heterocycles. The molecule has 0 bridgehead atoms. The van der Waals surface area contributed by atoms with E-state index in [1.54, 1.807) is 17.8 Å². The number of hydrogen-bond acceptors (Lipinski definition) is 5. The molecule has 0 aliphatic heterocycles. The minimum absolute atomic E-state index is 0.0910. The van der Waals surface area contributed by atoms with Crippen molar-refractivity contribution in [1.82, 2.24) is 19.6 Å². The Morgan fingerprint density at radius 1 is 1.00 bits per heavy atom. The highest BCUT2D eigenvalue weighted by Gasteiger charge is 2.28. The van der Waals surface area contributed by atoms with E-state index in [9.17, 15) is 4.79 Å². The maximum Gasteiger partial charge on any atom is 0.252 e. The molecule has 28 heavy (non-hydrogen) atoms. The van der Waals surface area contributed by atoms with Crippen LogP contribution in [0.5, 0.6) is 5.75 Å². The van der Waals surface area contributed by atoms with Gasteiger partial charge in [-0.2, -0.15) is 4.98 Å². The van der Waals surface area contributed by atoms with E-state index in [1.807, 2.05) is 54.6 Å². The second kappa shape index (κ2) is 6.56. The summed E-state index contributed by atoms with van der Waals surface area (Å²) in [5.41, 5.74) is 3.47. The lowest BCUT2D eigenvalue weighted by Gasteiger charge is -2.23. The highest BCUT2D eigenvalue weighted by atomic mass is 16.5. The first kappa shape index (κ1) is 16.6. The zero-order chi connectivity index (χ0) is 19.1. The van der Waals surface area contributed by atoms with E-state index >= 15 is 0 Å². The van der Waals surface area contributed by atoms with Gasteiger partial charge in [0, 0.05) is 18.2 Å². The van der Waals surface area contributed by atoms with Crippen molar-refractivity contribution in [1.29, 1.82) is 0 Å². The largest absolute Gasteiger partial charge is 0.497 e. The molecule has 1 unspecified atom stereocenters. The van der Waals surface area contributed by atoms with Crippen LogP contribution < -0.4 is 4.74 Å². The van der Waals surface area contributed by atoms with E-state index in [0.29, 0.717) is 30.0 Å². The zero-order valence-electron chi connectivity index (χ0n) is 15.4. The van der Waals surface area contributed by atoms with Crippen LogP contribution in [0.4, 0.5) is 0 Å². The van der Waals surface area contributed by atoms with E-state index in [-0.39, 0.29) is 11.7 Å². The van der Waals surface area contributed by atoms with E-state index in [4.69, 9.17) is 4.74 Å². The number of aromatic nitrogens is 4. The standard InChI is InChI=1S/C22H18N4O2/c1-28-17-9-7-14(8-10-17)16-11-19-18(20(27)12-16)13-26-22(23-19)24-21(25-26)15-5-3-2-4-6-15/h2-10,13,16H,11-12H2,1H3. The number of carbonyl (C=O) groups excluding carboxylic acids is 1. The highest BCUT2D eigenvalue weighted by molar-refractivity contribution is 5.98. The summed E-state index contributed by atoms with van der Waals surface area (Å²) in [4.78, 5) is 22.0. The Morgan fingerprint density at radius 3 is 2.54 bits per heavy atom. The average Bonchev–Trinajstić information content (AvgIpc) is 3.16. The van der Waals surface area contributed by atoms with Gasteiger partial charge in [-0.1, -0.05) is 42.5 Å². The third-order valence-electron chi connectivity index (χ3n) is 5.20. The molecule has 2 heterocycles. The Morgan fingerprint density at radius 2 is 1.79 bits per heavy atom. The van der Waals surface area contributed by atoms with E-state index in [0.717, 1.165) is 22.6 Å². The summed E-state index contributed by atoms with van der Waals surface area (Å²) < 4.78 is 6.83. The molecular formula is C22H18N4O2. The number of ketones is 1. The van der Waals surface area contributed by atoms with Crippen molar-refractivity contribution in [3.8, 4) is 17.1 Å². The molecule has 0 saturated carbocycles. The number of nitrogens with zero attached hydrogens (tertiary/aromatic N) is 4. The van der Waals surface area contributed by atoms with Gasteiger partial charge in [0.15, 0.2) is 11.6 Å². The third-order valence-corrected chi connectivity index (χ3v) is 5.20. The first-order valence-electron chi connectivity index (χ1n) is 9.20. The van der Waals surface area contributed by atoms with Gasteiger partial charge >= 0.3 is 0 Å². The summed E-state index contributed by atoms with van der Waals surface area (Å²) in [5, 5.41) is 4.50. The molecule has 0 N–H and O–H groups in total. The molecule has 5 rings (SSSR count). The van der Waals surface area contributed by atoms with Crippen LogP contribution in [0, 0.1) is 0 Å². The lowest BCUT2D eigenvalue weighted by atomic mass is 9.82. The number of methoxy groups -OCH3 is 1. The molecule has 0 saturated heterocycles. The van der Waals surface area contributed by atoms with Gasteiger partial charge in [-0.15, -0.1) is 5.10 Å². The molecule has 6 nitrogen and oxygen atoms in total. The van der Waals surface area contributed by atoms with E-state index in [2.05, 4.69) is 15.1 Å². The molecule has 0 spiro atoms. The third kappa shape index (κ3) is 2.83. The Labute approximate surface area is 161 Å². The summed E-state index contributed by atoms with van der Waals surface area (Å²) in [6.07, 6.45) is 2.94. The van der Waals surface area contributed by atoms with Crippen LogP contribution in [0.15, 0.2) is 60.8 Å². The molecule has 138 valence electrons. The van der Waals surface area contributed by atoms with Crippen molar-refractivity contribution in [2.75, 3.05) is 7.11 Å². The van der Waals surface area contributed by atoms with Crippen molar-refractivity contribution in [3.63, 3.8) is 0 Å². The molecule has 2 aromatic carbocycles. The summed E-state index contributed by atoms with van der Waals surface area (Å²) in [6, 6.07) is 17.7. The van der Waals surface area contributed by atoms with E-state index in [1.165, 1.54) is 0 Å². The Kier molecular flexibility index (Phi) is 3.90. The lowest BCUT2D eigenvalue weighted by Crippen LogP contribution is -2.21. The molecule has 1 aliphatic rings. The first-order valence-corrected chi connectivity index (χ1v) is 9.20. The van der Waals surface area contributed by atoms with Crippen LogP contribution in [0.3, 0.4) is 0 Å². The smallest absolute Gasteiger partial charge is 0.252 e. The SMILES string of the molecule is COc1ccc(C2CC(=O)c3cn4nc(-c5ccccc5)nc4nc3C2)cc1. The van der Waals surface area contributed by atoms with E-state index < -0.39 is 0 Å². The Balaban J connectivity index is 1.52. The Bertz CT molecular complexity index is 1170. The first-order chi connectivity index (χ1) is 13.7. The number of ether oxygens (including phenoxy) is 1. The summed E-state index contributed by atoms with van der Waals surface area (Å²) in [7, 11) is 1.65. The predicted molar refractivity (Wildman–Crippen MR) is 105 cm³/mol. The number of rotatable bonds is 3. The van der Waals surface area contributed by atoms with Gasteiger partial charge in [0.1, 0.15) is 5.75 Å². The second-order valence-electron chi connectivity index (χ2n) is 6.95. The highest BCUT2D eigenvalue weighted by Crippen LogP contribution is 2.33. The molecule has 1 atom stereocenters. The molecule has 0 amide bonds. The minimum Gasteiger partial charge on any atom is -0.497 e. The monoisotopic (exact) mass is 370 g/mol. The van der Waals surface area contributed by atoms with Gasteiger partial charge in [0.05, 0.1) is 18.4 Å². The maximum atomic E-state index is 12.8. The molecular weight excluding hydrogens is 352 g/mol. The molecule has 6 heteroatoms. The fraction of sp³-hybridized carbons (Fsp3) is 0.182. The quantitative estimate of drug-likeness (QED) is 0.550. The average molecular weight is 370 g/mol. The van der Waals surface area contributed by atoms with Crippen molar-refractivity contribution in [3.05, 3.63) is 77.6 Å². The van der Waals surface area contributed by atoms with Crippen LogP contribution in [-0.2, 0) is 6.42 Å². The van der Waals surface area contributed by atoms with Gasteiger partial charge < -0.3 is 4.74 Å². The van der Waals surface area contributed by atoms with Gasteiger partial charge in [0.2, 0.25) is 0 Å². The molecule has 0 fully saturated rings. The summed E-state index contributed by atoms with van der Waals surface area (Å²) in [6.45, 7) is 0. The molecule has 4 aromatic rings. The second-order valence-corrected chi connectivity index (χ2v) is 6.95. The van der Waals surface area contributed by atoms with Crippen molar-refractivity contribution >= 4 is 11.6 Å². The van der Waals surface area contributed by atoms with Crippen LogP contribution in [0.2, 0.25) is 0 Å². The number of carbonyl (C=O) groups is 1. The summed E-state index contributed by atoms with van der Waals surface area (Å²) >= 11 is 0. The van der Waals surface area contributed by atoms with Crippen molar-refractivity contribution < 1.29 is 9.53 Å². The van der Waals surface area contributed by atoms with Crippen molar-refractivity contribution in [2.45, 2.75) is 18.8 Å². The van der Waals surface area contributed by atoms with Crippen LogP contribution >= 0.6 is 0 Å². The van der Waals surface area contributed by atoms with Gasteiger partial charge in [-0.05, 0) is 30.0 Å². The number of hydrogen-bond donors (Lipinski definition) is 0. The zero-order valence-corrected chi connectivity index (χ0v) is 15.4. The fourth-order valence-corrected chi connectivity index (χ4v) is 3.70. The Hall–Kier alpha value is -3.54. The van der Waals surface area contributed by atoms with Gasteiger partial charge in [-0.3, -0.25) is 4.79 Å². The lowest BCUT2D eigenvalue weighted by molar-refractivity contribution is 0.0962. The minimum atomic E-state index is 0.0910. The normalized spacial score (nSPS) is 16.2. The van der Waals surface area contributed by atoms with Crippen molar-refractivity contribution in [2.24, 2.45) is 0 Å². The van der Waals surface area contributed by atoms with Gasteiger partial charge in [-0.25, -0.2) is 9.50 Å². The molecule has 0 radical (unpaired) electrons.